The van der Waals surface area contributed by atoms with E-state index in [2.05, 4.69) is 6.07 Å². The molecule has 0 radical (unpaired) electrons. The van der Waals surface area contributed by atoms with Crippen LogP contribution in [0.5, 0.6) is 5.75 Å². The number of nitriles is 1. The van der Waals surface area contributed by atoms with Crippen molar-refractivity contribution in [2.45, 2.75) is 11.8 Å². The topological polar surface area (TPSA) is 33.0 Å². The third kappa shape index (κ3) is 2.67. The summed E-state index contributed by atoms with van der Waals surface area (Å²) in [6.07, 6.45) is 0. The Morgan fingerprint density at radius 3 is 2.85 bits per heavy atom. The average Bonchev–Trinajstić information content (AvgIpc) is 2.16. The summed E-state index contributed by atoms with van der Waals surface area (Å²) in [6, 6.07) is 7.97. The molecule has 3 heteroatoms. The van der Waals surface area contributed by atoms with Gasteiger partial charge in [-0.1, -0.05) is 0 Å². The van der Waals surface area contributed by atoms with Crippen molar-refractivity contribution in [1.29, 1.82) is 5.26 Å². The van der Waals surface area contributed by atoms with E-state index in [1.165, 1.54) is 0 Å². The van der Waals surface area contributed by atoms with E-state index in [9.17, 15) is 0 Å². The lowest BCUT2D eigenvalue weighted by molar-refractivity contribution is 0.414. The van der Waals surface area contributed by atoms with Crippen LogP contribution in [0, 0.1) is 18.3 Å². The first kappa shape index (κ1) is 9.94. The van der Waals surface area contributed by atoms with E-state index in [0.29, 0.717) is 5.75 Å². The maximum atomic E-state index is 8.42. The van der Waals surface area contributed by atoms with Crippen molar-refractivity contribution in [3.8, 4) is 11.8 Å². The molecule has 0 bridgehead atoms. The van der Waals surface area contributed by atoms with E-state index >= 15 is 0 Å². The predicted octanol–water partition coefficient (Wildman–Crippen LogP) is 2.62. The number of methoxy groups -OCH3 is 1. The van der Waals surface area contributed by atoms with Crippen LogP contribution in [0.4, 0.5) is 0 Å². The molecule has 0 saturated carbocycles. The Balaban J connectivity index is 2.80. The van der Waals surface area contributed by atoms with Gasteiger partial charge in [-0.2, -0.15) is 5.26 Å². The highest BCUT2D eigenvalue weighted by Gasteiger charge is 1.99. The number of rotatable bonds is 3. The molecule has 0 fully saturated rings. The molecule has 68 valence electrons. The van der Waals surface area contributed by atoms with Gasteiger partial charge < -0.3 is 4.74 Å². The number of hydrogen-bond acceptors (Lipinski definition) is 3. The van der Waals surface area contributed by atoms with Gasteiger partial charge in [0, 0.05) is 4.90 Å². The molecule has 0 spiro atoms. The van der Waals surface area contributed by atoms with Crippen LogP contribution in [0.25, 0.3) is 0 Å². The Hall–Kier alpha value is -1.14. The molecular weight excluding hydrogens is 182 g/mol. The number of aryl methyl sites for hydroxylation is 1. The summed E-state index contributed by atoms with van der Waals surface area (Å²) >= 11 is 1.55. The minimum absolute atomic E-state index is 0.493. The van der Waals surface area contributed by atoms with Gasteiger partial charge in [0.15, 0.2) is 0 Å². The van der Waals surface area contributed by atoms with Crippen molar-refractivity contribution >= 4 is 11.8 Å². The molecule has 0 amide bonds. The summed E-state index contributed by atoms with van der Waals surface area (Å²) in [4.78, 5) is 1.14. The van der Waals surface area contributed by atoms with Gasteiger partial charge in [-0.25, -0.2) is 0 Å². The maximum Gasteiger partial charge on any atom is 0.119 e. The van der Waals surface area contributed by atoms with Crippen LogP contribution in [0.3, 0.4) is 0 Å². The van der Waals surface area contributed by atoms with Crippen molar-refractivity contribution in [3.05, 3.63) is 23.8 Å². The Morgan fingerprint density at radius 2 is 2.31 bits per heavy atom. The third-order valence-corrected chi connectivity index (χ3v) is 2.72. The van der Waals surface area contributed by atoms with Crippen molar-refractivity contribution in [2.75, 3.05) is 12.9 Å². The molecule has 0 N–H and O–H groups in total. The second-order valence-corrected chi connectivity index (χ2v) is 3.60. The normalized spacial score (nSPS) is 9.31. The lowest BCUT2D eigenvalue weighted by Gasteiger charge is -2.05. The van der Waals surface area contributed by atoms with Crippen molar-refractivity contribution < 1.29 is 4.74 Å². The second kappa shape index (κ2) is 4.78. The summed E-state index contributed by atoms with van der Waals surface area (Å²) in [5.41, 5.74) is 1.15. The van der Waals surface area contributed by atoms with Crippen LogP contribution in [0.1, 0.15) is 5.56 Å². The quantitative estimate of drug-likeness (QED) is 0.692. The van der Waals surface area contributed by atoms with E-state index in [1.54, 1.807) is 18.9 Å². The van der Waals surface area contributed by atoms with Crippen molar-refractivity contribution in [2.24, 2.45) is 0 Å². The summed E-state index contributed by atoms with van der Waals surface area (Å²) < 4.78 is 5.08. The first-order valence-corrected chi connectivity index (χ1v) is 4.91. The Morgan fingerprint density at radius 1 is 1.54 bits per heavy atom. The molecule has 13 heavy (non-hydrogen) atoms. The number of hydrogen-bond donors (Lipinski definition) is 0. The highest BCUT2D eigenvalue weighted by atomic mass is 32.2. The van der Waals surface area contributed by atoms with Gasteiger partial charge in [0.1, 0.15) is 5.75 Å². The van der Waals surface area contributed by atoms with Crippen molar-refractivity contribution in [1.82, 2.24) is 0 Å². The zero-order valence-corrected chi connectivity index (χ0v) is 8.52. The smallest absolute Gasteiger partial charge is 0.119 e. The molecule has 1 aromatic carbocycles. The van der Waals surface area contributed by atoms with Crippen LogP contribution in [-0.2, 0) is 0 Å². The predicted molar refractivity (Wildman–Crippen MR) is 54.1 cm³/mol. The first-order chi connectivity index (χ1) is 6.27. The fraction of sp³-hybridized carbons (Fsp3) is 0.300. The van der Waals surface area contributed by atoms with Gasteiger partial charge in [-0.15, -0.1) is 11.8 Å². The average molecular weight is 193 g/mol. The Labute approximate surface area is 82.5 Å². The SMILES string of the molecule is COc1ccc(SCC#N)c(C)c1. The number of thioether (sulfide) groups is 1. The molecule has 1 aromatic rings. The molecule has 0 saturated heterocycles. The van der Waals surface area contributed by atoms with Gasteiger partial charge in [-0.3, -0.25) is 0 Å². The first-order valence-electron chi connectivity index (χ1n) is 3.92. The van der Waals surface area contributed by atoms with Crippen LogP contribution in [-0.4, -0.2) is 12.9 Å². The highest BCUT2D eigenvalue weighted by molar-refractivity contribution is 7.99. The molecular formula is C10H11NOS. The van der Waals surface area contributed by atoms with Crippen LogP contribution in [0.15, 0.2) is 23.1 Å². The maximum absolute atomic E-state index is 8.42. The molecule has 0 aliphatic carbocycles. The van der Waals surface area contributed by atoms with E-state index in [1.807, 2.05) is 25.1 Å². The zero-order chi connectivity index (χ0) is 9.68. The largest absolute Gasteiger partial charge is 0.497 e. The van der Waals surface area contributed by atoms with Crippen molar-refractivity contribution in [3.63, 3.8) is 0 Å². The summed E-state index contributed by atoms with van der Waals surface area (Å²) in [5.74, 6) is 1.35. The van der Waals surface area contributed by atoms with Gasteiger partial charge in [-0.05, 0) is 30.7 Å². The van der Waals surface area contributed by atoms with E-state index in [0.717, 1.165) is 16.2 Å². The molecule has 1 rings (SSSR count). The second-order valence-electron chi connectivity index (χ2n) is 2.58. The highest BCUT2D eigenvalue weighted by Crippen LogP contribution is 2.25. The number of nitrogens with zero attached hydrogens (tertiary/aromatic N) is 1. The molecule has 0 heterocycles. The Bertz CT molecular complexity index is 330. The zero-order valence-electron chi connectivity index (χ0n) is 7.70. The van der Waals surface area contributed by atoms with E-state index in [4.69, 9.17) is 10.00 Å². The molecule has 0 unspecified atom stereocenters. The fourth-order valence-corrected chi connectivity index (χ4v) is 1.69. The van der Waals surface area contributed by atoms with Gasteiger partial charge in [0.2, 0.25) is 0 Å². The number of ether oxygens (including phenoxy) is 1. The Kier molecular flexibility index (Phi) is 3.66. The standard InChI is InChI=1S/C10H11NOS/c1-8-7-9(12-2)3-4-10(8)13-6-5-11/h3-4,7H,6H2,1-2H3. The minimum atomic E-state index is 0.493. The fourth-order valence-electron chi connectivity index (χ4n) is 1.02. The molecule has 0 aromatic heterocycles. The summed E-state index contributed by atoms with van der Waals surface area (Å²) in [6.45, 7) is 2.02. The number of benzene rings is 1. The van der Waals surface area contributed by atoms with E-state index < -0.39 is 0 Å². The lowest BCUT2D eigenvalue weighted by Crippen LogP contribution is -1.85. The summed E-state index contributed by atoms with van der Waals surface area (Å²) in [5, 5.41) is 8.42. The van der Waals surface area contributed by atoms with E-state index in [-0.39, 0.29) is 0 Å². The minimum Gasteiger partial charge on any atom is -0.497 e. The lowest BCUT2D eigenvalue weighted by atomic mass is 10.2. The molecule has 0 aliphatic rings. The van der Waals surface area contributed by atoms with Crippen LogP contribution < -0.4 is 4.74 Å². The van der Waals surface area contributed by atoms with Crippen LogP contribution in [0.2, 0.25) is 0 Å². The summed E-state index contributed by atoms with van der Waals surface area (Å²) in [7, 11) is 1.65. The third-order valence-electron chi connectivity index (χ3n) is 1.67. The monoisotopic (exact) mass is 193 g/mol. The van der Waals surface area contributed by atoms with Gasteiger partial charge >= 0.3 is 0 Å². The van der Waals surface area contributed by atoms with Gasteiger partial charge in [0.05, 0.1) is 18.9 Å². The van der Waals surface area contributed by atoms with Gasteiger partial charge in [0.25, 0.3) is 0 Å². The van der Waals surface area contributed by atoms with Crippen LogP contribution >= 0.6 is 11.8 Å². The molecule has 0 atom stereocenters. The molecule has 2 nitrogen and oxygen atoms in total. The molecule has 0 aliphatic heterocycles.